The van der Waals surface area contributed by atoms with Gasteiger partial charge < -0.3 is 28.6 Å². The third-order valence-electron chi connectivity index (χ3n) is 9.02. The zero-order valence-electron chi connectivity index (χ0n) is 27.1. The number of pyridine rings is 1. The van der Waals surface area contributed by atoms with Crippen LogP contribution >= 0.6 is 0 Å². The molecule has 2 aromatic carbocycles. The van der Waals surface area contributed by atoms with Gasteiger partial charge in [-0.25, -0.2) is 0 Å². The van der Waals surface area contributed by atoms with E-state index in [9.17, 15) is 14.7 Å². The van der Waals surface area contributed by atoms with Crippen molar-refractivity contribution in [3.63, 3.8) is 0 Å². The fourth-order valence-corrected chi connectivity index (χ4v) is 6.82. The van der Waals surface area contributed by atoms with Crippen LogP contribution < -0.4 is 20.1 Å². The molecule has 3 heterocycles. The van der Waals surface area contributed by atoms with Crippen molar-refractivity contribution in [3.05, 3.63) is 98.6 Å². The number of ether oxygens (including phenoxy) is 4. The molecule has 0 N–H and O–H groups in total. The first-order valence-corrected chi connectivity index (χ1v) is 15.5. The van der Waals surface area contributed by atoms with Crippen molar-refractivity contribution in [2.24, 2.45) is 10.9 Å². The number of aliphatic imine (C=N–C) groups is 1. The van der Waals surface area contributed by atoms with E-state index in [2.05, 4.69) is 13.0 Å². The summed E-state index contributed by atoms with van der Waals surface area (Å²) in [5.41, 5.74) is 3.84. The van der Waals surface area contributed by atoms with Gasteiger partial charge in [-0.15, -0.1) is 0 Å². The molecule has 1 saturated heterocycles. The number of carbonyl (C=O) groups is 1. The zero-order chi connectivity index (χ0) is 32.8. The summed E-state index contributed by atoms with van der Waals surface area (Å²) in [5.74, 6) is 1.55. The largest absolute Gasteiger partial charge is 0.847 e. The van der Waals surface area contributed by atoms with E-state index >= 15 is 0 Å². The standard InChI is InChI=1S/C37H39N2O7/c1-22-15-30-27(7-10-32(40)39(30)20-23-16-25(43-5)18-26(17-23)44-6)34(28(22)19-33(41)46-21-36(2,3)42)29-8-9-31-35-24(12-14-45-31)11-13-38-37(29,35)4/h7-11,13,15-18,35H,12,14,19-21H2,1-6H3/q-1. The molecule has 3 aliphatic rings. The predicted molar refractivity (Wildman–Crippen MR) is 175 cm³/mol. The van der Waals surface area contributed by atoms with Crippen LogP contribution in [0.15, 0.2) is 75.7 Å². The molecule has 2 atom stereocenters. The Morgan fingerprint density at radius 1 is 1.11 bits per heavy atom. The Balaban J connectivity index is 1.57. The van der Waals surface area contributed by atoms with Gasteiger partial charge in [0.2, 0.25) is 0 Å². The highest BCUT2D eigenvalue weighted by Gasteiger charge is 2.48. The lowest BCUT2D eigenvalue weighted by Gasteiger charge is -2.45. The van der Waals surface area contributed by atoms with Gasteiger partial charge in [-0.05, 0) is 78.1 Å². The van der Waals surface area contributed by atoms with Gasteiger partial charge in [-0.3, -0.25) is 14.6 Å². The second-order valence-corrected chi connectivity index (χ2v) is 12.9. The summed E-state index contributed by atoms with van der Waals surface area (Å²) in [4.78, 5) is 31.8. The van der Waals surface area contributed by atoms with Gasteiger partial charge in [-0.2, -0.15) is 0 Å². The van der Waals surface area contributed by atoms with Crippen LogP contribution in [0.5, 0.6) is 11.5 Å². The molecule has 1 aromatic heterocycles. The number of aryl methyl sites for hydroxylation is 1. The predicted octanol–water partition coefficient (Wildman–Crippen LogP) is 4.69. The number of hydrogen-bond donors (Lipinski definition) is 0. The van der Waals surface area contributed by atoms with Crippen LogP contribution in [-0.4, -0.2) is 55.3 Å². The van der Waals surface area contributed by atoms with Gasteiger partial charge in [0.1, 0.15) is 17.3 Å². The van der Waals surface area contributed by atoms with Crippen molar-refractivity contribution in [1.29, 1.82) is 0 Å². The quantitative estimate of drug-likeness (QED) is 0.318. The number of esters is 1. The highest BCUT2D eigenvalue weighted by atomic mass is 16.5. The van der Waals surface area contributed by atoms with E-state index in [1.165, 1.54) is 19.4 Å². The van der Waals surface area contributed by atoms with E-state index in [0.29, 0.717) is 23.6 Å². The van der Waals surface area contributed by atoms with E-state index in [0.717, 1.165) is 45.4 Å². The van der Waals surface area contributed by atoms with Crippen molar-refractivity contribution in [3.8, 4) is 11.5 Å². The SMILES string of the molecule is COc1cc(Cn2c(=O)ccc3c(C4=CC=C5OCCC6=CC=NC4(C)C65)c(CC(=O)OCC(C)(C)[O-])c(C)cc32)cc(OC)c1. The van der Waals surface area contributed by atoms with Gasteiger partial charge in [-0.1, -0.05) is 31.1 Å². The summed E-state index contributed by atoms with van der Waals surface area (Å²) in [7, 11) is 3.18. The first kappa shape index (κ1) is 31.4. The molecule has 2 unspecified atom stereocenters. The Morgan fingerprint density at radius 2 is 1.85 bits per heavy atom. The Labute approximate surface area is 268 Å². The third-order valence-corrected chi connectivity index (χ3v) is 9.02. The molecule has 3 aromatic rings. The summed E-state index contributed by atoms with van der Waals surface area (Å²) in [6, 6.07) is 10.9. The maximum atomic E-state index is 13.5. The minimum absolute atomic E-state index is 0.0447. The molecule has 0 bridgehead atoms. The van der Waals surface area contributed by atoms with Crippen LogP contribution in [-0.2, 0) is 27.2 Å². The van der Waals surface area contributed by atoms with Gasteiger partial charge >= 0.3 is 5.97 Å². The maximum Gasteiger partial charge on any atom is 0.310 e. The van der Waals surface area contributed by atoms with Gasteiger partial charge in [0.25, 0.3) is 5.56 Å². The highest BCUT2D eigenvalue weighted by molar-refractivity contribution is 5.99. The summed E-state index contributed by atoms with van der Waals surface area (Å²) in [6.45, 7) is 7.66. The third kappa shape index (κ3) is 5.75. The number of fused-ring (bicyclic) bond motifs is 1. The normalized spacial score (nSPS) is 20.2. The molecule has 240 valence electrons. The van der Waals surface area contributed by atoms with Crippen LogP contribution in [0.4, 0.5) is 0 Å². The van der Waals surface area contributed by atoms with Crippen LogP contribution in [0, 0.1) is 12.8 Å². The van der Waals surface area contributed by atoms with Crippen molar-refractivity contribution >= 4 is 28.7 Å². The monoisotopic (exact) mass is 623 g/mol. The van der Waals surface area contributed by atoms with Gasteiger partial charge in [0, 0.05) is 30.2 Å². The fraction of sp³-hybridized carbons (Fsp3) is 0.378. The molecule has 0 saturated carbocycles. The Bertz CT molecular complexity index is 1880. The van der Waals surface area contributed by atoms with Crippen LogP contribution in [0.25, 0.3) is 16.5 Å². The number of nitrogens with zero attached hydrogens (tertiary/aromatic N) is 2. The minimum Gasteiger partial charge on any atom is -0.847 e. The molecule has 0 radical (unpaired) electrons. The summed E-state index contributed by atoms with van der Waals surface area (Å²) in [6.07, 6.45) is 8.73. The molecule has 0 spiro atoms. The second-order valence-electron chi connectivity index (χ2n) is 12.9. The van der Waals surface area contributed by atoms with Gasteiger partial charge in [0.15, 0.2) is 0 Å². The van der Waals surface area contributed by atoms with Crippen LogP contribution in [0.2, 0.25) is 0 Å². The number of allylic oxidation sites excluding steroid dienone is 3. The minimum atomic E-state index is -1.41. The first-order valence-electron chi connectivity index (χ1n) is 15.5. The lowest BCUT2D eigenvalue weighted by atomic mass is 9.66. The average Bonchev–Trinajstić information content (AvgIpc) is 3.02. The van der Waals surface area contributed by atoms with Crippen molar-refractivity contribution in [2.75, 3.05) is 27.4 Å². The summed E-state index contributed by atoms with van der Waals surface area (Å²) >= 11 is 0. The Kier molecular flexibility index (Phi) is 8.14. The smallest absolute Gasteiger partial charge is 0.310 e. The molecule has 6 rings (SSSR count). The molecule has 0 amide bonds. The Hall–Kier alpha value is -4.63. The lowest BCUT2D eigenvalue weighted by Crippen LogP contribution is -2.43. The average molecular weight is 624 g/mol. The van der Waals surface area contributed by atoms with E-state index in [-0.39, 0.29) is 31.0 Å². The Morgan fingerprint density at radius 3 is 2.54 bits per heavy atom. The zero-order valence-corrected chi connectivity index (χ0v) is 27.1. The first-order chi connectivity index (χ1) is 21.9. The highest BCUT2D eigenvalue weighted by Crippen LogP contribution is 2.52. The van der Waals surface area contributed by atoms with Crippen molar-refractivity contribution in [1.82, 2.24) is 4.57 Å². The fourth-order valence-electron chi connectivity index (χ4n) is 6.82. The summed E-state index contributed by atoms with van der Waals surface area (Å²) < 4.78 is 24.3. The lowest BCUT2D eigenvalue weighted by molar-refractivity contribution is -0.470. The van der Waals surface area contributed by atoms with E-state index in [1.54, 1.807) is 30.9 Å². The molecule has 1 aliphatic carbocycles. The number of rotatable bonds is 9. The summed E-state index contributed by atoms with van der Waals surface area (Å²) in [5, 5.41) is 13.0. The van der Waals surface area contributed by atoms with Crippen LogP contribution in [0.1, 0.15) is 49.4 Å². The van der Waals surface area contributed by atoms with Crippen LogP contribution in [0.3, 0.4) is 0 Å². The topological polar surface area (TPSA) is 111 Å². The molecular formula is C37H39N2O7-. The maximum absolute atomic E-state index is 13.5. The number of hydrogen-bond acceptors (Lipinski definition) is 8. The number of aromatic nitrogens is 1. The van der Waals surface area contributed by atoms with Crippen molar-refractivity contribution < 1.29 is 28.8 Å². The molecule has 46 heavy (non-hydrogen) atoms. The molecule has 2 aliphatic heterocycles. The number of carbonyl (C=O) groups excluding carboxylic acids is 1. The van der Waals surface area contributed by atoms with E-state index in [1.807, 2.05) is 49.6 Å². The number of methoxy groups -OCH3 is 2. The molecule has 9 heteroatoms. The van der Waals surface area contributed by atoms with E-state index < -0.39 is 17.1 Å². The molecular weight excluding hydrogens is 584 g/mol. The van der Waals surface area contributed by atoms with Gasteiger partial charge in [0.05, 0.1) is 57.4 Å². The molecule has 1 fully saturated rings. The second kappa shape index (κ2) is 11.9. The molecule has 9 nitrogen and oxygen atoms in total. The number of dihydropyridines is 1. The number of benzene rings is 2. The van der Waals surface area contributed by atoms with E-state index in [4.69, 9.17) is 23.9 Å². The van der Waals surface area contributed by atoms with Crippen molar-refractivity contribution in [2.45, 2.75) is 58.2 Å².